The molecule has 0 bridgehead atoms. The van der Waals surface area contributed by atoms with Gasteiger partial charge in [0.15, 0.2) is 0 Å². The van der Waals surface area contributed by atoms with Crippen LogP contribution in [0.4, 0.5) is 11.4 Å². The molecule has 0 radical (unpaired) electrons. The first kappa shape index (κ1) is 32.0. The first-order valence-corrected chi connectivity index (χ1v) is 17.5. The molecule has 4 nitrogen and oxygen atoms in total. The Kier molecular flexibility index (Phi) is 9.36. The summed E-state index contributed by atoms with van der Waals surface area (Å²) in [6, 6.07) is 25.0. The minimum atomic E-state index is -0.0619. The van der Waals surface area contributed by atoms with Crippen molar-refractivity contribution in [3.63, 3.8) is 0 Å². The van der Waals surface area contributed by atoms with Gasteiger partial charge in [0.25, 0.3) is 0 Å². The van der Waals surface area contributed by atoms with Crippen LogP contribution in [0.1, 0.15) is 98.1 Å². The molecule has 2 aliphatic rings. The maximum atomic E-state index is 6.43. The Morgan fingerprint density at radius 2 is 1.00 bits per heavy atom. The predicted octanol–water partition coefficient (Wildman–Crippen LogP) is 11.4. The van der Waals surface area contributed by atoms with E-state index in [4.69, 9.17) is 20.9 Å². The monoisotopic (exact) mass is 616 g/mol. The van der Waals surface area contributed by atoms with Crippen molar-refractivity contribution in [1.82, 2.24) is 0 Å². The maximum Gasteiger partial charge on any atom is 0.133 e. The SMILES string of the molecule is CC[C@H]1CC[C@H](C2CCC(c3cc(C)c(Oc4cccc(N)c4)c(C)c3)(c3cc(C)c(Oc4cccc(N)c4)c(C)c3)CC2)CC1. The summed E-state index contributed by atoms with van der Waals surface area (Å²) in [4.78, 5) is 0. The van der Waals surface area contributed by atoms with Gasteiger partial charge in [0.1, 0.15) is 23.0 Å². The first-order chi connectivity index (χ1) is 22.1. The average molecular weight is 617 g/mol. The third kappa shape index (κ3) is 6.63. The second-order valence-electron chi connectivity index (χ2n) is 14.3. The summed E-state index contributed by atoms with van der Waals surface area (Å²) in [6.45, 7) is 11.1. The largest absolute Gasteiger partial charge is 0.457 e. The van der Waals surface area contributed by atoms with E-state index in [1.54, 1.807) is 0 Å². The number of rotatable bonds is 8. The highest BCUT2D eigenvalue weighted by Crippen LogP contribution is 2.52. The van der Waals surface area contributed by atoms with Crippen LogP contribution in [0.3, 0.4) is 0 Å². The molecule has 0 aliphatic heterocycles. The molecule has 4 aromatic rings. The van der Waals surface area contributed by atoms with Crippen molar-refractivity contribution in [1.29, 1.82) is 0 Å². The second kappa shape index (κ2) is 13.4. The van der Waals surface area contributed by atoms with Crippen LogP contribution in [-0.2, 0) is 5.41 Å². The fourth-order valence-corrected chi connectivity index (χ4v) is 8.58. The van der Waals surface area contributed by atoms with Gasteiger partial charge in [-0.05, 0) is 142 Å². The first-order valence-electron chi connectivity index (χ1n) is 17.5. The lowest BCUT2D eigenvalue weighted by Gasteiger charge is -2.45. The average Bonchev–Trinajstić information content (AvgIpc) is 3.04. The standard InChI is InChI=1S/C42H52N2O2/c1-6-31-13-15-32(16-14-31)33-17-19-42(20-18-33,34-21-27(2)40(28(3)22-34)45-38-11-7-9-36(43)25-38)35-23-29(4)41(30(5)24-35)46-39-12-8-10-37(44)26-39/h7-12,21-26,31-33H,6,13-20,43-44H2,1-5H3/t31-,32-. The zero-order chi connectivity index (χ0) is 32.4. The fraction of sp³-hybridized carbons (Fsp3) is 0.429. The minimum Gasteiger partial charge on any atom is -0.457 e. The molecule has 2 saturated carbocycles. The van der Waals surface area contributed by atoms with Gasteiger partial charge in [0.05, 0.1) is 0 Å². The maximum absolute atomic E-state index is 6.43. The highest BCUT2D eigenvalue weighted by Gasteiger charge is 2.41. The second-order valence-corrected chi connectivity index (χ2v) is 14.3. The number of ether oxygens (including phenoxy) is 2. The zero-order valence-corrected chi connectivity index (χ0v) is 28.5. The van der Waals surface area contributed by atoms with E-state index in [0.29, 0.717) is 11.4 Å². The smallest absolute Gasteiger partial charge is 0.133 e. The van der Waals surface area contributed by atoms with Gasteiger partial charge < -0.3 is 20.9 Å². The van der Waals surface area contributed by atoms with E-state index in [2.05, 4.69) is 58.9 Å². The molecule has 242 valence electrons. The molecule has 2 aliphatic carbocycles. The van der Waals surface area contributed by atoms with Gasteiger partial charge in [0.2, 0.25) is 0 Å². The normalized spacial score (nSPS) is 19.9. The van der Waals surface area contributed by atoms with Crippen molar-refractivity contribution in [3.8, 4) is 23.0 Å². The molecule has 0 saturated heterocycles. The number of hydrogen-bond donors (Lipinski definition) is 2. The molecule has 46 heavy (non-hydrogen) atoms. The lowest BCUT2D eigenvalue weighted by atomic mass is 9.59. The predicted molar refractivity (Wildman–Crippen MR) is 192 cm³/mol. The Hall–Kier alpha value is -3.92. The summed E-state index contributed by atoms with van der Waals surface area (Å²) in [5.74, 6) is 6.04. The molecule has 0 atom stereocenters. The number of anilines is 2. The van der Waals surface area contributed by atoms with Crippen molar-refractivity contribution >= 4 is 11.4 Å². The van der Waals surface area contributed by atoms with Crippen molar-refractivity contribution < 1.29 is 9.47 Å². The Morgan fingerprint density at radius 3 is 1.39 bits per heavy atom. The Morgan fingerprint density at radius 1 is 0.587 bits per heavy atom. The van der Waals surface area contributed by atoms with Crippen LogP contribution in [0, 0.1) is 45.4 Å². The topological polar surface area (TPSA) is 70.5 Å². The van der Waals surface area contributed by atoms with Gasteiger partial charge in [0, 0.05) is 28.9 Å². The summed E-state index contributed by atoms with van der Waals surface area (Å²) in [5, 5.41) is 0. The number of benzene rings is 4. The molecule has 4 aromatic carbocycles. The lowest BCUT2D eigenvalue weighted by Crippen LogP contribution is -2.36. The summed E-state index contributed by atoms with van der Waals surface area (Å²) in [6.07, 6.45) is 11.9. The highest BCUT2D eigenvalue weighted by atomic mass is 16.5. The van der Waals surface area contributed by atoms with Gasteiger partial charge >= 0.3 is 0 Å². The summed E-state index contributed by atoms with van der Waals surface area (Å²) in [5.41, 5.74) is 20.9. The van der Waals surface area contributed by atoms with Crippen LogP contribution in [0.15, 0.2) is 72.8 Å². The lowest BCUT2D eigenvalue weighted by molar-refractivity contribution is 0.142. The molecule has 2 fully saturated rings. The summed E-state index contributed by atoms with van der Waals surface area (Å²) in [7, 11) is 0. The third-order valence-electron chi connectivity index (χ3n) is 11.2. The third-order valence-corrected chi connectivity index (χ3v) is 11.2. The van der Waals surface area contributed by atoms with Crippen molar-refractivity contribution in [2.75, 3.05) is 11.5 Å². The molecular weight excluding hydrogens is 564 g/mol. The Bertz CT molecular complexity index is 1520. The molecule has 0 aromatic heterocycles. The van der Waals surface area contributed by atoms with Crippen molar-refractivity contribution in [3.05, 3.63) is 106 Å². The van der Waals surface area contributed by atoms with E-state index in [9.17, 15) is 0 Å². The van der Waals surface area contributed by atoms with Gasteiger partial charge in [-0.1, -0.05) is 62.6 Å². The number of hydrogen-bond acceptors (Lipinski definition) is 4. The number of nitrogen functional groups attached to an aromatic ring is 2. The molecule has 0 spiro atoms. The van der Waals surface area contributed by atoms with E-state index in [1.807, 2.05) is 48.5 Å². The Balaban J connectivity index is 1.35. The van der Waals surface area contributed by atoms with E-state index in [1.165, 1.54) is 56.1 Å². The van der Waals surface area contributed by atoms with Crippen LogP contribution in [0.5, 0.6) is 23.0 Å². The van der Waals surface area contributed by atoms with Gasteiger partial charge in [-0.3, -0.25) is 0 Å². The molecule has 0 amide bonds. The van der Waals surface area contributed by atoms with Gasteiger partial charge in [-0.2, -0.15) is 0 Å². The molecule has 0 heterocycles. The van der Waals surface area contributed by atoms with Crippen LogP contribution in [0.2, 0.25) is 0 Å². The molecule has 4 heteroatoms. The van der Waals surface area contributed by atoms with Crippen molar-refractivity contribution in [2.24, 2.45) is 17.8 Å². The summed E-state index contributed by atoms with van der Waals surface area (Å²) >= 11 is 0. The molecule has 0 unspecified atom stereocenters. The van der Waals surface area contributed by atoms with E-state index < -0.39 is 0 Å². The number of aryl methyl sites for hydroxylation is 4. The molecular formula is C42H52N2O2. The van der Waals surface area contributed by atoms with Crippen LogP contribution < -0.4 is 20.9 Å². The van der Waals surface area contributed by atoms with Gasteiger partial charge in [-0.25, -0.2) is 0 Å². The van der Waals surface area contributed by atoms with Crippen LogP contribution in [-0.4, -0.2) is 0 Å². The Labute approximate surface area is 276 Å². The number of nitrogens with two attached hydrogens (primary N) is 2. The van der Waals surface area contributed by atoms with E-state index in [-0.39, 0.29) is 5.41 Å². The molecule has 6 rings (SSSR count). The minimum absolute atomic E-state index is 0.0619. The van der Waals surface area contributed by atoms with E-state index >= 15 is 0 Å². The highest BCUT2D eigenvalue weighted by molar-refractivity contribution is 5.55. The van der Waals surface area contributed by atoms with Crippen LogP contribution >= 0.6 is 0 Å². The van der Waals surface area contributed by atoms with E-state index in [0.717, 1.165) is 75.8 Å². The quantitative estimate of drug-likeness (QED) is 0.193. The molecule has 4 N–H and O–H groups in total. The van der Waals surface area contributed by atoms with Crippen LogP contribution in [0.25, 0.3) is 0 Å². The van der Waals surface area contributed by atoms with Gasteiger partial charge in [-0.15, -0.1) is 0 Å². The zero-order valence-electron chi connectivity index (χ0n) is 28.5. The summed E-state index contributed by atoms with van der Waals surface area (Å²) < 4.78 is 12.9. The fourth-order valence-electron chi connectivity index (χ4n) is 8.58. The van der Waals surface area contributed by atoms with Crippen molar-refractivity contribution in [2.45, 2.75) is 97.8 Å².